The monoisotopic (exact) mass is 340 g/mol. The van der Waals surface area contributed by atoms with Crippen LogP contribution >= 0.6 is 11.6 Å². The Morgan fingerprint density at radius 1 is 1.04 bits per heavy atom. The fourth-order valence-electron chi connectivity index (χ4n) is 1.96. The van der Waals surface area contributed by atoms with Crippen molar-refractivity contribution >= 4 is 29.0 Å². The highest BCUT2D eigenvalue weighted by atomic mass is 35.5. The molecular formula is C18H13ClN2O3. The standard InChI is InChI=1S/C18H13ClN2O3/c1-11(22)16(10-20)18(24)21-15-8-4-13(5-9-15)17(23)12-2-6-14(19)7-3-12/h2-9,22H,1H3,(H,21,24). The molecule has 2 N–H and O–H groups in total. The van der Waals surface area contributed by atoms with Gasteiger partial charge in [-0.25, -0.2) is 0 Å². The number of nitriles is 1. The highest BCUT2D eigenvalue weighted by Gasteiger charge is 2.13. The molecule has 120 valence electrons. The van der Waals surface area contributed by atoms with Crippen molar-refractivity contribution in [3.63, 3.8) is 0 Å². The molecule has 0 aliphatic rings. The number of amides is 1. The average molecular weight is 341 g/mol. The third-order valence-electron chi connectivity index (χ3n) is 3.21. The minimum atomic E-state index is -0.714. The second kappa shape index (κ2) is 7.44. The number of hydrogen-bond acceptors (Lipinski definition) is 4. The lowest BCUT2D eigenvalue weighted by atomic mass is 10.0. The van der Waals surface area contributed by atoms with Gasteiger partial charge >= 0.3 is 0 Å². The molecule has 0 spiro atoms. The summed E-state index contributed by atoms with van der Waals surface area (Å²) >= 11 is 5.80. The van der Waals surface area contributed by atoms with Crippen molar-refractivity contribution in [3.05, 3.63) is 76.0 Å². The van der Waals surface area contributed by atoms with Gasteiger partial charge in [0.2, 0.25) is 0 Å². The van der Waals surface area contributed by atoms with E-state index in [1.54, 1.807) is 54.6 Å². The van der Waals surface area contributed by atoms with Gasteiger partial charge in [0.05, 0.1) is 0 Å². The Kier molecular flexibility index (Phi) is 5.35. The molecule has 0 atom stereocenters. The zero-order valence-corrected chi connectivity index (χ0v) is 13.5. The third kappa shape index (κ3) is 4.00. The third-order valence-corrected chi connectivity index (χ3v) is 3.46. The first-order valence-electron chi connectivity index (χ1n) is 6.94. The Labute approximate surface area is 143 Å². The fraction of sp³-hybridized carbons (Fsp3) is 0.0556. The van der Waals surface area contributed by atoms with Crippen molar-refractivity contribution in [1.82, 2.24) is 0 Å². The van der Waals surface area contributed by atoms with E-state index in [0.717, 1.165) is 0 Å². The van der Waals surface area contributed by atoms with Gasteiger partial charge in [0.1, 0.15) is 11.8 Å². The van der Waals surface area contributed by atoms with Crippen LogP contribution in [0.4, 0.5) is 5.69 Å². The predicted octanol–water partition coefficient (Wildman–Crippen LogP) is 3.87. The van der Waals surface area contributed by atoms with Crippen LogP contribution in [0.3, 0.4) is 0 Å². The van der Waals surface area contributed by atoms with E-state index in [2.05, 4.69) is 5.32 Å². The number of nitrogens with one attached hydrogen (secondary N) is 1. The Bertz CT molecular complexity index is 843. The molecule has 0 aliphatic heterocycles. The first-order valence-corrected chi connectivity index (χ1v) is 7.32. The number of benzene rings is 2. The van der Waals surface area contributed by atoms with Crippen LogP contribution in [0.5, 0.6) is 0 Å². The van der Waals surface area contributed by atoms with E-state index < -0.39 is 5.91 Å². The summed E-state index contributed by atoms with van der Waals surface area (Å²) < 4.78 is 0. The lowest BCUT2D eigenvalue weighted by molar-refractivity contribution is -0.112. The Morgan fingerprint density at radius 3 is 2.00 bits per heavy atom. The molecule has 0 saturated carbocycles. The van der Waals surface area contributed by atoms with Gasteiger partial charge < -0.3 is 10.4 Å². The Balaban J connectivity index is 2.15. The molecule has 6 heteroatoms. The van der Waals surface area contributed by atoms with Gasteiger partial charge in [0, 0.05) is 21.8 Å². The van der Waals surface area contributed by atoms with Gasteiger partial charge in [-0.1, -0.05) is 11.6 Å². The number of carbonyl (C=O) groups excluding carboxylic acids is 2. The van der Waals surface area contributed by atoms with E-state index in [0.29, 0.717) is 21.8 Å². The van der Waals surface area contributed by atoms with Crippen LogP contribution in [0.15, 0.2) is 59.9 Å². The van der Waals surface area contributed by atoms with Crippen molar-refractivity contribution in [1.29, 1.82) is 5.26 Å². The molecule has 0 aliphatic carbocycles. The number of hydrogen-bond donors (Lipinski definition) is 2. The molecule has 24 heavy (non-hydrogen) atoms. The lowest BCUT2D eigenvalue weighted by Crippen LogP contribution is -2.15. The van der Waals surface area contributed by atoms with E-state index >= 15 is 0 Å². The SMILES string of the molecule is CC(O)=C(C#N)C(=O)Nc1ccc(C(=O)c2ccc(Cl)cc2)cc1. The summed E-state index contributed by atoms with van der Waals surface area (Å²) in [6.45, 7) is 1.26. The number of halogens is 1. The normalized spacial score (nSPS) is 11.2. The summed E-state index contributed by atoms with van der Waals surface area (Å²) in [5.41, 5.74) is 0.990. The smallest absolute Gasteiger partial charge is 0.269 e. The van der Waals surface area contributed by atoms with Crippen LogP contribution in [0, 0.1) is 11.3 Å². The van der Waals surface area contributed by atoms with Gasteiger partial charge in [-0.3, -0.25) is 9.59 Å². The van der Waals surface area contributed by atoms with E-state index in [-0.39, 0.29) is 17.1 Å². The van der Waals surface area contributed by atoms with Crippen LogP contribution in [-0.2, 0) is 4.79 Å². The molecule has 1 amide bonds. The first-order chi connectivity index (χ1) is 11.4. The number of aliphatic hydroxyl groups excluding tert-OH is 1. The molecule has 0 bridgehead atoms. The quantitative estimate of drug-likeness (QED) is 0.382. The average Bonchev–Trinajstić information content (AvgIpc) is 2.56. The van der Waals surface area contributed by atoms with Crippen LogP contribution in [0.2, 0.25) is 5.02 Å². The largest absolute Gasteiger partial charge is 0.511 e. The van der Waals surface area contributed by atoms with E-state index in [1.165, 1.54) is 6.92 Å². The van der Waals surface area contributed by atoms with Crippen molar-refractivity contribution < 1.29 is 14.7 Å². The van der Waals surface area contributed by atoms with Gasteiger partial charge in [-0.2, -0.15) is 5.26 Å². The Morgan fingerprint density at radius 2 is 1.54 bits per heavy atom. The molecule has 0 heterocycles. The second-order valence-electron chi connectivity index (χ2n) is 4.94. The summed E-state index contributed by atoms with van der Waals surface area (Å²) in [7, 11) is 0. The molecule has 5 nitrogen and oxygen atoms in total. The maximum atomic E-state index is 12.3. The summed E-state index contributed by atoms with van der Waals surface area (Å²) in [5.74, 6) is -1.24. The van der Waals surface area contributed by atoms with Crippen molar-refractivity contribution in [2.45, 2.75) is 6.92 Å². The molecule has 0 fully saturated rings. The molecule has 2 aromatic rings. The summed E-state index contributed by atoms with van der Waals surface area (Å²) in [4.78, 5) is 24.1. The zero-order chi connectivity index (χ0) is 17.7. The molecule has 2 aromatic carbocycles. The maximum absolute atomic E-state index is 12.3. The highest BCUT2D eigenvalue weighted by molar-refractivity contribution is 6.30. The molecule has 0 radical (unpaired) electrons. The molecule has 0 aromatic heterocycles. The summed E-state index contributed by atoms with van der Waals surface area (Å²) in [5, 5.41) is 21.1. The molecule has 0 unspecified atom stereocenters. The number of ketones is 1. The highest BCUT2D eigenvalue weighted by Crippen LogP contribution is 2.16. The molecule has 0 saturated heterocycles. The van der Waals surface area contributed by atoms with E-state index in [1.807, 2.05) is 0 Å². The molecular weight excluding hydrogens is 328 g/mol. The van der Waals surface area contributed by atoms with E-state index in [4.69, 9.17) is 16.9 Å². The van der Waals surface area contributed by atoms with Crippen molar-refractivity contribution in [2.75, 3.05) is 5.32 Å². The number of aliphatic hydroxyl groups is 1. The topological polar surface area (TPSA) is 90.2 Å². The number of nitrogens with zero attached hydrogens (tertiary/aromatic N) is 1. The van der Waals surface area contributed by atoms with Crippen LogP contribution in [0.1, 0.15) is 22.8 Å². The lowest BCUT2D eigenvalue weighted by Gasteiger charge is -2.06. The zero-order valence-electron chi connectivity index (χ0n) is 12.7. The summed E-state index contributed by atoms with van der Waals surface area (Å²) in [6, 6.07) is 14.4. The minimum absolute atomic E-state index is 0.173. The summed E-state index contributed by atoms with van der Waals surface area (Å²) in [6.07, 6.45) is 0. The number of anilines is 1. The van der Waals surface area contributed by atoms with Crippen molar-refractivity contribution in [3.8, 4) is 6.07 Å². The maximum Gasteiger partial charge on any atom is 0.269 e. The van der Waals surface area contributed by atoms with Gasteiger partial charge in [0.15, 0.2) is 11.4 Å². The number of carbonyl (C=O) groups is 2. The van der Waals surface area contributed by atoms with Crippen LogP contribution < -0.4 is 5.32 Å². The van der Waals surface area contributed by atoms with Gasteiger partial charge in [0.25, 0.3) is 5.91 Å². The van der Waals surface area contributed by atoms with E-state index in [9.17, 15) is 14.7 Å². The fourth-order valence-corrected chi connectivity index (χ4v) is 2.09. The minimum Gasteiger partial charge on any atom is -0.511 e. The van der Waals surface area contributed by atoms with Gasteiger partial charge in [-0.15, -0.1) is 0 Å². The van der Waals surface area contributed by atoms with Gasteiger partial charge in [-0.05, 0) is 55.5 Å². The first kappa shape index (κ1) is 17.3. The number of rotatable bonds is 4. The molecule has 2 rings (SSSR count). The Hall–Kier alpha value is -3.10. The van der Waals surface area contributed by atoms with Crippen LogP contribution in [-0.4, -0.2) is 16.8 Å². The van der Waals surface area contributed by atoms with Crippen molar-refractivity contribution in [2.24, 2.45) is 0 Å². The number of allylic oxidation sites excluding steroid dienone is 1. The second-order valence-corrected chi connectivity index (χ2v) is 5.38. The van der Waals surface area contributed by atoms with Crippen LogP contribution in [0.25, 0.3) is 0 Å². The predicted molar refractivity (Wildman–Crippen MR) is 90.9 cm³/mol.